The summed E-state index contributed by atoms with van der Waals surface area (Å²) in [5, 5.41) is 0. The van der Waals surface area contributed by atoms with Crippen LogP contribution in [0.1, 0.15) is 12.0 Å². The van der Waals surface area contributed by atoms with Gasteiger partial charge in [-0.3, -0.25) is 4.18 Å². The maximum Gasteiger partial charge on any atom is 0.173 e. The van der Waals surface area contributed by atoms with Gasteiger partial charge >= 0.3 is 0 Å². The van der Waals surface area contributed by atoms with Crippen molar-refractivity contribution in [3.63, 3.8) is 0 Å². The van der Waals surface area contributed by atoms with Crippen molar-refractivity contribution >= 4 is 20.0 Å². The van der Waals surface area contributed by atoms with Gasteiger partial charge in [0.15, 0.2) is 8.77 Å². The lowest BCUT2D eigenvalue weighted by molar-refractivity contribution is 0.341. The number of nitrogens with two attached hydrogens (primary N) is 1. The minimum atomic E-state index is -2.77. The van der Waals surface area contributed by atoms with Crippen LogP contribution in [0.5, 0.6) is 0 Å². The maximum absolute atomic E-state index is 11.9. The van der Waals surface area contributed by atoms with E-state index in [1.807, 2.05) is 19.1 Å². The molecule has 0 spiro atoms. The van der Waals surface area contributed by atoms with Crippen LogP contribution in [0.3, 0.4) is 0 Å². The van der Waals surface area contributed by atoms with Gasteiger partial charge in [-0.2, -0.15) is 0 Å². The number of rotatable bonds is 5. The fraction of sp³-hybridized carbons (Fsp3) is 0.400. The van der Waals surface area contributed by atoms with Crippen molar-refractivity contribution in [3.8, 4) is 0 Å². The molecule has 3 nitrogen and oxygen atoms in total. The Balaban J connectivity index is 2.73. The van der Waals surface area contributed by atoms with E-state index in [0.717, 1.165) is 5.56 Å². The van der Waals surface area contributed by atoms with Crippen LogP contribution in [0, 0.1) is 6.92 Å². The molecule has 0 aromatic heterocycles. The maximum atomic E-state index is 11.9. The van der Waals surface area contributed by atoms with E-state index in [2.05, 4.69) is 0 Å². The summed E-state index contributed by atoms with van der Waals surface area (Å²) in [4.78, 5) is 0.556. The highest BCUT2D eigenvalue weighted by atomic mass is 32.8. The third-order valence-electron chi connectivity index (χ3n) is 1.90. The molecule has 1 rings (SSSR count). The lowest BCUT2D eigenvalue weighted by Gasteiger charge is -2.07. The van der Waals surface area contributed by atoms with Gasteiger partial charge in [-0.1, -0.05) is 17.7 Å². The van der Waals surface area contributed by atoms with Gasteiger partial charge < -0.3 is 5.73 Å². The average Bonchev–Trinajstić information content (AvgIpc) is 2.18. The molecule has 0 aliphatic carbocycles. The van der Waals surface area contributed by atoms with Crippen molar-refractivity contribution in [2.75, 3.05) is 13.2 Å². The predicted molar refractivity (Wildman–Crippen MR) is 64.6 cm³/mol. The Kier molecular flexibility index (Phi) is 4.66. The largest absolute Gasteiger partial charge is 0.330 e. The molecule has 15 heavy (non-hydrogen) atoms. The molecule has 0 fully saturated rings. The van der Waals surface area contributed by atoms with Crippen molar-refractivity contribution in [1.82, 2.24) is 0 Å². The molecule has 0 heterocycles. The van der Waals surface area contributed by atoms with Crippen LogP contribution in [-0.2, 0) is 24.1 Å². The van der Waals surface area contributed by atoms with Crippen LogP contribution in [0.15, 0.2) is 29.2 Å². The Bertz CT molecular complexity index is 398. The van der Waals surface area contributed by atoms with Gasteiger partial charge in [0.1, 0.15) is 0 Å². The van der Waals surface area contributed by atoms with Gasteiger partial charge in [0.25, 0.3) is 0 Å². The molecule has 1 unspecified atom stereocenters. The normalized spacial score (nSPS) is 14.8. The van der Waals surface area contributed by atoms with Gasteiger partial charge in [-0.05, 0) is 32.0 Å². The van der Waals surface area contributed by atoms with E-state index in [0.29, 0.717) is 24.5 Å². The molecule has 2 N–H and O–H groups in total. The second-order valence-electron chi connectivity index (χ2n) is 3.23. The number of aryl methyl sites for hydroxylation is 1. The van der Waals surface area contributed by atoms with Gasteiger partial charge in [0.05, 0.1) is 11.5 Å². The molecule has 0 bridgehead atoms. The van der Waals surface area contributed by atoms with E-state index < -0.39 is 8.77 Å². The molecular weight excluding hydrogens is 230 g/mol. The third-order valence-corrected chi connectivity index (χ3v) is 4.09. The highest BCUT2D eigenvalue weighted by Crippen LogP contribution is 2.13. The summed E-state index contributed by atoms with van der Waals surface area (Å²) in [6, 6.07) is 7.22. The van der Waals surface area contributed by atoms with Crippen LogP contribution in [0.25, 0.3) is 0 Å². The van der Waals surface area contributed by atoms with E-state index in [9.17, 15) is 4.21 Å². The number of hydrogen-bond acceptors (Lipinski definition) is 4. The lowest BCUT2D eigenvalue weighted by atomic mass is 10.2. The predicted octanol–water partition coefficient (Wildman–Crippen LogP) is 1.38. The molecule has 0 aliphatic heterocycles. The highest BCUT2D eigenvalue weighted by Gasteiger charge is 2.09. The Morgan fingerprint density at radius 2 is 2.00 bits per heavy atom. The van der Waals surface area contributed by atoms with Crippen molar-refractivity contribution in [2.24, 2.45) is 5.73 Å². The zero-order valence-corrected chi connectivity index (χ0v) is 10.3. The SMILES string of the molecule is Cc1ccc(S(=O)(=S)OCCCN)cc1. The van der Waals surface area contributed by atoms with Crippen LogP contribution in [0.4, 0.5) is 0 Å². The monoisotopic (exact) mass is 245 g/mol. The quantitative estimate of drug-likeness (QED) is 0.796. The Morgan fingerprint density at radius 3 is 2.53 bits per heavy atom. The van der Waals surface area contributed by atoms with Crippen LogP contribution in [-0.4, -0.2) is 17.4 Å². The Hall–Kier alpha value is -0.490. The van der Waals surface area contributed by atoms with Crippen LogP contribution < -0.4 is 5.73 Å². The summed E-state index contributed by atoms with van der Waals surface area (Å²) >= 11 is 4.93. The minimum Gasteiger partial charge on any atom is -0.330 e. The summed E-state index contributed by atoms with van der Waals surface area (Å²) in [5.41, 5.74) is 6.41. The first kappa shape index (κ1) is 12.6. The standard InChI is InChI=1S/C10H15NO2S2/c1-9-3-5-10(6-4-9)15(12,14)13-8-2-7-11/h3-6H,2,7-8,11H2,1H3. The minimum absolute atomic E-state index is 0.340. The zero-order chi connectivity index (χ0) is 11.3. The van der Waals surface area contributed by atoms with Crippen LogP contribution >= 0.6 is 0 Å². The molecule has 1 aromatic rings. The summed E-state index contributed by atoms with van der Waals surface area (Å²) < 4.78 is 17.1. The van der Waals surface area contributed by atoms with E-state index in [1.54, 1.807) is 12.1 Å². The zero-order valence-electron chi connectivity index (χ0n) is 8.64. The molecule has 0 radical (unpaired) electrons. The summed E-state index contributed by atoms with van der Waals surface area (Å²) in [6.45, 7) is 2.82. The van der Waals surface area contributed by atoms with E-state index in [4.69, 9.17) is 21.1 Å². The fourth-order valence-electron chi connectivity index (χ4n) is 1.02. The van der Waals surface area contributed by atoms with Crippen molar-refractivity contribution in [1.29, 1.82) is 0 Å². The molecule has 0 aliphatic rings. The molecule has 1 aromatic carbocycles. The average molecular weight is 245 g/mol. The lowest BCUT2D eigenvalue weighted by Crippen LogP contribution is -2.09. The summed E-state index contributed by atoms with van der Waals surface area (Å²) in [6.07, 6.45) is 0.666. The number of hydrogen-bond donors (Lipinski definition) is 1. The first-order chi connectivity index (χ1) is 7.06. The summed E-state index contributed by atoms with van der Waals surface area (Å²) in [5.74, 6) is 0. The van der Waals surface area contributed by atoms with E-state index >= 15 is 0 Å². The molecule has 5 heteroatoms. The Labute approximate surface area is 95.5 Å². The molecule has 0 amide bonds. The fourth-order valence-corrected chi connectivity index (χ4v) is 2.51. The van der Waals surface area contributed by atoms with E-state index in [1.165, 1.54) is 0 Å². The second-order valence-corrected chi connectivity index (χ2v) is 6.16. The Morgan fingerprint density at radius 1 is 1.40 bits per heavy atom. The topological polar surface area (TPSA) is 52.3 Å². The molecule has 0 saturated carbocycles. The second kappa shape index (κ2) is 5.55. The summed E-state index contributed by atoms with van der Waals surface area (Å²) in [7, 11) is -2.77. The van der Waals surface area contributed by atoms with Crippen LogP contribution in [0.2, 0.25) is 0 Å². The van der Waals surface area contributed by atoms with Gasteiger partial charge in [0, 0.05) is 11.2 Å². The van der Waals surface area contributed by atoms with Crippen molar-refractivity contribution < 1.29 is 8.39 Å². The molecule has 1 atom stereocenters. The van der Waals surface area contributed by atoms with Crippen molar-refractivity contribution in [2.45, 2.75) is 18.2 Å². The van der Waals surface area contributed by atoms with Gasteiger partial charge in [0.2, 0.25) is 0 Å². The van der Waals surface area contributed by atoms with Crippen molar-refractivity contribution in [3.05, 3.63) is 29.8 Å². The molecule has 0 saturated heterocycles. The van der Waals surface area contributed by atoms with E-state index in [-0.39, 0.29) is 0 Å². The smallest absolute Gasteiger partial charge is 0.173 e. The molecular formula is C10H15NO2S2. The van der Waals surface area contributed by atoms with Gasteiger partial charge in [-0.25, -0.2) is 4.21 Å². The molecule has 84 valence electrons. The third kappa shape index (κ3) is 3.87. The number of benzene rings is 1. The first-order valence-corrected chi connectivity index (χ1v) is 7.13. The first-order valence-electron chi connectivity index (χ1n) is 4.72. The van der Waals surface area contributed by atoms with Gasteiger partial charge in [-0.15, -0.1) is 0 Å². The highest BCUT2D eigenvalue weighted by molar-refractivity contribution is 8.30.